The van der Waals surface area contributed by atoms with Crippen molar-refractivity contribution in [2.75, 3.05) is 12.3 Å². The van der Waals surface area contributed by atoms with Gasteiger partial charge in [-0.1, -0.05) is 30.3 Å². The summed E-state index contributed by atoms with van der Waals surface area (Å²) in [5.41, 5.74) is 8.84. The third-order valence-corrected chi connectivity index (χ3v) is 2.94. The van der Waals surface area contributed by atoms with Crippen molar-refractivity contribution >= 4 is 23.0 Å². The summed E-state index contributed by atoms with van der Waals surface area (Å²) in [6.45, 7) is -0.0416. The molecule has 2 aromatic carbocycles. The Morgan fingerprint density at radius 2 is 2.00 bits per heavy atom. The number of aromatic nitrogens is 2. The van der Waals surface area contributed by atoms with Crippen LogP contribution in [-0.2, 0) is 4.79 Å². The van der Waals surface area contributed by atoms with E-state index in [0.717, 1.165) is 16.6 Å². The van der Waals surface area contributed by atoms with E-state index >= 15 is 0 Å². The van der Waals surface area contributed by atoms with Gasteiger partial charge < -0.3 is 10.6 Å². The minimum absolute atomic E-state index is 0.0416. The maximum Gasteiger partial charge on any atom is 0.176 e. The number of hydrogen-bond acceptors (Lipinski definition) is 4. The predicted octanol–water partition coefficient (Wildman–Crippen LogP) is 1.91. The van der Waals surface area contributed by atoms with Crippen LogP contribution in [-0.4, -0.2) is 22.6 Å². The van der Waals surface area contributed by atoms with Crippen molar-refractivity contribution < 1.29 is 9.63 Å². The largest absolute Gasteiger partial charge is 0.404 e. The maximum absolute atomic E-state index is 10.6. The van der Waals surface area contributed by atoms with E-state index < -0.39 is 0 Å². The number of benzene rings is 2. The molecule has 20 heavy (non-hydrogen) atoms. The Kier molecular flexibility index (Phi) is 3.09. The van der Waals surface area contributed by atoms with Crippen LogP contribution in [0.25, 0.3) is 22.4 Å². The molecule has 0 aliphatic carbocycles. The van der Waals surface area contributed by atoms with E-state index in [1.54, 1.807) is 16.9 Å². The number of nitrogens with two attached hydrogens (primary N) is 1. The molecule has 1 heterocycles. The van der Waals surface area contributed by atoms with Gasteiger partial charge in [-0.2, -0.15) is 4.73 Å². The summed E-state index contributed by atoms with van der Waals surface area (Å²) in [6.07, 6.45) is 0.701. The zero-order valence-electron chi connectivity index (χ0n) is 10.7. The smallest absolute Gasteiger partial charge is 0.176 e. The molecule has 1 aromatic heterocycles. The van der Waals surface area contributed by atoms with Gasteiger partial charge >= 0.3 is 0 Å². The van der Waals surface area contributed by atoms with E-state index in [4.69, 9.17) is 10.6 Å². The zero-order chi connectivity index (χ0) is 13.9. The fourth-order valence-corrected chi connectivity index (χ4v) is 2.08. The van der Waals surface area contributed by atoms with Gasteiger partial charge in [-0.15, -0.1) is 0 Å². The molecule has 0 saturated heterocycles. The molecule has 2 N–H and O–H groups in total. The summed E-state index contributed by atoms with van der Waals surface area (Å²) in [6, 6.07) is 15.0. The molecule has 0 radical (unpaired) electrons. The number of hydrogen-bond donors (Lipinski definition) is 1. The highest BCUT2D eigenvalue weighted by molar-refractivity contribution is 5.83. The molecule has 3 rings (SSSR count). The zero-order valence-corrected chi connectivity index (χ0v) is 10.7. The van der Waals surface area contributed by atoms with Gasteiger partial charge in [0.1, 0.15) is 5.52 Å². The highest BCUT2D eigenvalue weighted by atomic mass is 16.7. The van der Waals surface area contributed by atoms with Crippen molar-refractivity contribution in [2.24, 2.45) is 0 Å². The Labute approximate surface area is 115 Å². The summed E-state index contributed by atoms with van der Waals surface area (Å²) in [5, 5.41) is 0. The number of carbonyl (C=O) groups excluding carboxylic acids is 1. The van der Waals surface area contributed by atoms with Crippen LogP contribution in [0.1, 0.15) is 0 Å². The molecule has 5 nitrogen and oxygen atoms in total. The van der Waals surface area contributed by atoms with Crippen molar-refractivity contribution in [1.29, 1.82) is 0 Å². The third kappa shape index (κ3) is 2.09. The van der Waals surface area contributed by atoms with Gasteiger partial charge in [0.05, 0.1) is 5.52 Å². The lowest BCUT2D eigenvalue weighted by atomic mass is 10.2. The molecule has 0 spiro atoms. The van der Waals surface area contributed by atoms with Gasteiger partial charge in [-0.05, 0) is 18.2 Å². The molecule has 0 atom stereocenters. The van der Waals surface area contributed by atoms with Crippen LogP contribution in [0.4, 0.5) is 5.69 Å². The number of nitrogens with zero attached hydrogens (tertiary/aromatic N) is 2. The first-order valence-electron chi connectivity index (χ1n) is 6.20. The molecule has 0 saturated carbocycles. The van der Waals surface area contributed by atoms with E-state index in [1.807, 2.05) is 36.4 Å². The Bertz CT molecular complexity index is 750. The Morgan fingerprint density at radius 3 is 2.75 bits per heavy atom. The second-order valence-corrected chi connectivity index (χ2v) is 4.31. The second kappa shape index (κ2) is 5.05. The fraction of sp³-hybridized carbons (Fsp3) is 0.0667. The minimum atomic E-state index is -0.0416. The van der Waals surface area contributed by atoms with Crippen molar-refractivity contribution in [2.45, 2.75) is 0 Å². The first kappa shape index (κ1) is 12.2. The molecule has 100 valence electrons. The predicted molar refractivity (Wildman–Crippen MR) is 77.1 cm³/mol. The molecule has 5 heteroatoms. The molecule has 3 aromatic rings. The quantitative estimate of drug-likeness (QED) is 0.579. The summed E-state index contributed by atoms with van der Waals surface area (Å²) in [7, 11) is 0. The van der Waals surface area contributed by atoms with E-state index in [-0.39, 0.29) is 6.61 Å². The standard InChI is InChI=1S/C15H13N3O2/c16-12-6-7-13-14(10-12)18(20-9-8-19)15(17-13)11-4-2-1-3-5-11/h1-8,10H,9,16H2. The van der Waals surface area contributed by atoms with Gasteiger partial charge in [0.25, 0.3) is 0 Å². The van der Waals surface area contributed by atoms with Gasteiger partial charge in [0, 0.05) is 11.3 Å². The number of carbonyl (C=O) groups is 1. The molecule has 0 unspecified atom stereocenters. The number of rotatable bonds is 4. The van der Waals surface area contributed by atoms with E-state index in [1.165, 1.54) is 0 Å². The lowest BCUT2D eigenvalue weighted by molar-refractivity contribution is -0.111. The number of imidazole rings is 1. The van der Waals surface area contributed by atoms with Gasteiger partial charge in [0.15, 0.2) is 18.7 Å². The molecule has 0 aliphatic rings. The maximum atomic E-state index is 10.6. The lowest BCUT2D eigenvalue weighted by Crippen LogP contribution is -2.14. The SMILES string of the molecule is Nc1ccc2nc(-c3ccccc3)n(OCC=O)c2c1. The molecule has 0 aliphatic heterocycles. The van der Waals surface area contributed by atoms with Crippen LogP contribution in [0.2, 0.25) is 0 Å². The average molecular weight is 267 g/mol. The highest BCUT2D eigenvalue weighted by Gasteiger charge is 2.13. The number of fused-ring (bicyclic) bond motifs is 1. The van der Waals surface area contributed by atoms with Crippen LogP contribution in [0.15, 0.2) is 48.5 Å². The van der Waals surface area contributed by atoms with Crippen LogP contribution in [0.5, 0.6) is 0 Å². The molecule has 0 bridgehead atoms. The van der Waals surface area contributed by atoms with Gasteiger partial charge in [-0.25, -0.2) is 4.98 Å². The third-order valence-electron chi connectivity index (χ3n) is 2.94. The second-order valence-electron chi connectivity index (χ2n) is 4.31. The Morgan fingerprint density at radius 1 is 1.20 bits per heavy atom. The summed E-state index contributed by atoms with van der Waals surface area (Å²) >= 11 is 0. The van der Waals surface area contributed by atoms with Crippen LogP contribution in [0.3, 0.4) is 0 Å². The number of anilines is 1. The van der Waals surface area contributed by atoms with Gasteiger partial charge in [0.2, 0.25) is 0 Å². The van der Waals surface area contributed by atoms with E-state index in [0.29, 0.717) is 17.8 Å². The van der Waals surface area contributed by atoms with E-state index in [9.17, 15) is 4.79 Å². The van der Waals surface area contributed by atoms with Crippen molar-refractivity contribution in [3.05, 3.63) is 48.5 Å². The molecule has 0 amide bonds. The first-order chi connectivity index (χ1) is 9.79. The van der Waals surface area contributed by atoms with Crippen LogP contribution >= 0.6 is 0 Å². The summed E-state index contributed by atoms with van der Waals surface area (Å²) in [4.78, 5) is 20.6. The molecular formula is C15H13N3O2. The van der Waals surface area contributed by atoms with Crippen molar-refractivity contribution in [1.82, 2.24) is 9.71 Å². The van der Waals surface area contributed by atoms with Crippen molar-refractivity contribution in [3.63, 3.8) is 0 Å². The Balaban J connectivity index is 2.22. The summed E-state index contributed by atoms with van der Waals surface area (Å²) < 4.78 is 1.55. The molecule has 0 fully saturated rings. The average Bonchev–Trinajstić information content (AvgIpc) is 2.84. The van der Waals surface area contributed by atoms with Gasteiger partial charge in [-0.3, -0.25) is 4.79 Å². The van der Waals surface area contributed by atoms with Crippen LogP contribution < -0.4 is 10.6 Å². The monoisotopic (exact) mass is 267 g/mol. The first-order valence-corrected chi connectivity index (χ1v) is 6.20. The van der Waals surface area contributed by atoms with Crippen molar-refractivity contribution in [3.8, 4) is 11.4 Å². The lowest BCUT2D eigenvalue weighted by Gasteiger charge is -2.08. The normalized spacial score (nSPS) is 10.6. The molecular weight excluding hydrogens is 254 g/mol. The number of nitrogen functional groups attached to an aromatic ring is 1. The minimum Gasteiger partial charge on any atom is -0.404 e. The highest BCUT2D eigenvalue weighted by Crippen LogP contribution is 2.25. The van der Waals surface area contributed by atoms with Crippen LogP contribution in [0, 0.1) is 0 Å². The van der Waals surface area contributed by atoms with E-state index in [2.05, 4.69) is 4.98 Å². The number of aldehydes is 1. The topological polar surface area (TPSA) is 70.1 Å². The fourth-order valence-electron chi connectivity index (χ4n) is 2.08. The Hall–Kier alpha value is -2.82. The summed E-state index contributed by atoms with van der Waals surface area (Å²) in [5.74, 6) is 0.646.